The van der Waals surface area contributed by atoms with Gasteiger partial charge >= 0.3 is 0 Å². The summed E-state index contributed by atoms with van der Waals surface area (Å²) in [5, 5.41) is 0. The predicted octanol–water partition coefficient (Wildman–Crippen LogP) is 2.74. The Morgan fingerprint density at radius 3 is 2.46 bits per heavy atom. The zero-order valence-electron chi connectivity index (χ0n) is 16.0. The minimum absolute atomic E-state index is 0.180. The molecule has 1 aliphatic heterocycles. The highest BCUT2D eigenvalue weighted by molar-refractivity contribution is 7.89. The van der Waals surface area contributed by atoms with Crippen molar-refractivity contribution in [1.29, 1.82) is 0 Å². The maximum absolute atomic E-state index is 12.9. The van der Waals surface area contributed by atoms with Gasteiger partial charge in [0.05, 0.1) is 24.0 Å². The Bertz CT molecular complexity index is 857. The average Bonchev–Trinajstić information content (AvgIpc) is 3.24. The minimum Gasteiger partial charge on any atom is -0.472 e. The van der Waals surface area contributed by atoms with Crippen LogP contribution in [0.15, 0.2) is 52.2 Å². The van der Waals surface area contributed by atoms with Crippen LogP contribution in [0.3, 0.4) is 0 Å². The zero-order valence-corrected chi connectivity index (χ0v) is 16.9. The highest BCUT2D eigenvalue weighted by Crippen LogP contribution is 2.21. The highest BCUT2D eigenvalue weighted by Gasteiger charge is 2.26. The summed E-state index contributed by atoms with van der Waals surface area (Å²) in [5.41, 5.74) is 1.32. The fraction of sp³-hybridized carbons (Fsp3) is 0.450. The van der Waals surface area contributed by atoms with Crippen LogP contribution in [0.5, 0.6) is 0 Å². The molecule has 0 aliphatic carbocycles. The third kappa shape index (κ3) is 4.81. The molecule has 0 spiro atoms. The summed E-state index contributed by atoms with van der Waals surface area (Å²) in [4.78, 5) is 14.8. The molecular weight excluding hydrogens is 380 g/mol. The van der Waals surface area contributed by atoms with E-state index in [1.54, 1.807) is 42.7 Å². The SMILES string of the molecule is COCCN(Cc1ccoc1)C(=O)c1ccc(S(=O)(=O)N2CCCCC2)cc1. The first-order chi connectivity index (χ1) is 13.5. The molecule has 1 amide bonds. The lowest BCUT2D eigenvalue weighted by Crippen LogP contribution is -2.35. The molecule has 1 aliphatic rings. The Morgan fingerprint density at radius 1 is 1.14 bits per heavy atom. The maximum atomic E-state index is 12.9. The number of furan rings is 1. The molecule has 0 radical (unpaired) electrons. The Labute approximate surface area is 165 Å². The van der Waals surface area contributed by atoms with Crippen molar-refractivity contribution < 1.29 is 22.4 Å². The molecule has 1 fully saturated rings. The highest BCUT2D eigenvalue weighted by atomic mass is 32.2. The van der Waals surface area contributed by atoms with Gasteiger partial charge in [0.15, 0.2) is 0 Å². The van der Waals surface area contributed by atoms with E-state index >= 15 is 0 Å². The van der Waals surface area contributed by atoms with E-state index in [4.69, 9.17) is 9.15 Å². The van der Waals surface area contributed by atoms with Crippen molar-refractivity contribution in [3.63, 3.8) is 0 Å². The van der Waals surface area contributed by atoms with E-state index in [0.29, 0.717) is 38.3 Å². The van der Waals surface area contributed by atoms with Gasteiger partial charge in [-0.1, -0.05) is 6.42 Å². The van der Waals surface area contributed by atoms with Crippen LogP contribution in [0.1, 0.15) is 35.2 Å². The number of benzene rings is 1. The van der Waals surface area contributed by atoms with Crippen molar-refractivity contribution >= 4 is 15.9 Å². The summed E-state index contributed by atoms with van der Waals surface area (Å²) in [6, 6.07) is 8.00. The number of hydrogen-bond donors (Lipinski definition) is 0. The first-order valence-electron chi connectivity index (χ1n) is 9.42. The summed E-state index contributed by atoms with van der Waals surface area (Å²) in [6.07, 6.45) is 6.00. The fourth-order valence-electron chi connectivity index (χ4n) is 3.26. The van der Waals surface area contributed by atoms with E-state index in [2.05, 4.69) is 0 Å². The number of amides is 1. The minimum atomic E-state index is -3.50. The van der Waals surface area contributed by atoms with Gasteiger partial charge in [-0.3, -0.25) is 4.79 Å². The van der Waals surface area contributed by atoms with Crippen LogP contribution < -0.4 is 0 Å². The van der Waals surface area contributed by atoms with Gasteiger partial charge in [-0.2, -0.15) is 4.31 Å². The molecule has 0 bridgehead atoms. The van der Waals surface area contributed by atoms with Gasteiger partial charge in [-0.25, -0.2) is 8.42 Å². The monoisotopic (exact) mass is 406 g/mol. The van der Waals surface area contributed by atoms with Gasteiger partial charge in [0.25, 0.3) is 5.91 Å². The van der Waals surface area contributed by atoms with Crippen LogP contribution >= 0.6 is 0 Å². The third-order valence-electron chi connectivity index (χ3n) is 4.86. The van der Waals surface area contributed by atoms with Gasteiger partial charge < -0.3 is 14.1 Å². The van der Waals surface area contributed by atoms with Crippen molar-refractivity contribution in [2.75, 3.05) is 33.4 Å². The van der Waals surface area contributed by atoms with E-state index in [0.717, 1.165) is 24.8 Å². The maximum Gasteiger partial charge on any atom is 0.254 e. The van der Waals surface area contributed by atoms with E-state index in [9.17, 15) is 13.2 Å². The topological polar surface area (TPSA) is 80.1 Å². The summed E-state index contributed by atoms with van der Waals surface area (Å²) in [7, 11) is -1.92. The lowest BCUT2D eigenvalue weighted by atomic mass is 10.2. The molecule has 1 aromatic carbocycles. The summed E-state index contributed by atoms with van der Waals surface area (Å²) in [6.45, 7) is 2.34. The van der Waals surface area contributed by atoms with Crippen molar-refractivity contribution in [3.8, 4) is 0 Å². The molecule has 0 saturated carbocycles. The standard InChI is InChI=1S/C20H26N2O5S/c1-26-14-12-21(15-17-9-13-27-16-17)20(23)18-5-7-19(8-6-18)28(24,25)22-10-3-2-4-11-22/h5-9,13,16H,2-4,10-12,14-15H2,1H3. The smallest absolute Gasteiger partial charge is 0.254 e. The van der Waals surface area contributed by atoms with E-state index in [1.165, 1.54) is 16.4 Å². The third-order valence-corrected chi connectivity index (χ3v) is 6.77. The van der Waals surface area contributed by atoms with Gasteiger partial charge in [0.2, 0.25) is 10.0 Å². The molecule has 0 unspecified atom stereocenters. The van der Waals surface area contributed by atoms with Crippen LogP contribution in [0.25, 0.3) is 0 Å². The Kier molecular flexibility index (Phi) is 6.88. The van der Waals surface area contributed by atoms with E-state index < -0.39 is 10.0 Å². The number of sulfonamides is 1. The Hall–Kier alpha value is -2.16. The van der Waals surface area contributed by atoms with Crippen molar-refractivity contribution in [2.45, 2.75) is 30.7 Å². The fourth-order valence-corrected chi connectivity index (χ4v) is 4.78. The van der Waals surface area contributed by atoms with Gasteiger partial charge in [-0.05, 0) is 43.2 Å². The second-order valence-corrected chi connectivity index (χ2v) is 8.78. The van der Waals surface area contributed by atoms with Gasteiger partial charge in [0, 0.05) is 44.4 Å². The number of piperidine rings is 1. The molecule has 152 valence electrons. The second-order valence-electron chi connectivity index (χ2n) is 6.84. The zero-order chi connectivity index (χ0) is 20.0. The summed E-state index contributed by atoms with van der Waals surface area (Å²) >= 11 is 0. The molecule has 7 nitrogen and oxygen atoms in total. The van der Waals surface area contributed by atoms with Crippen LogP contribution in [0, 0.1) is 0 Å². The van der Waals surface area contributed by atoms with Crippen LogP contribution in [0.2, 0.25) is 0 Å². The first-order valence-corrected chi connectivity index (χ1v) is 10.9. The summed E-state index contributed by atoms with van der Waals surface area (Å²) < 4.78 is 37.2. The van der Waals surface area contributed by atoms with Gasteiger partial charge in [-0.15, -0.1) is 0 Å². The van der Waals surface area contributed by atoms with E-state index in [1.807, 2.05) is 0 Å². The second kappa shape index (κ2) is 9.36. The van der Waals surface area contributed by atoms with Crippen LogP contribution in [-0.4, -0.2) is 56.9 Å². The Balaban J connectivity index is 1.75. The number of nitrogens with zero attached hydrogens (tertiary/aromatic N) is 2. The Morgan fingerprint density at radius 2 is 1.86 bits per heavy atom. The van der Waals surface area contributed by atoms with Crippen molar-refractivity contribution in [2.24, 2.45) is 0 Å². The molecule has 2 heterocycles. The molecule has 8 heteroatoms. The van der Waals surface area contributed by atoms with Crippen LogP contribution in [0.4, 0.5) is 0 Å². The molecule has 0 N–H and O–H groups in total. The number of carbonyl (C=O) groups excluding carboxylic acids is 1. The van der Waals surface area contributed by atoms with Crippen LogP contribution in [-0.2, 0) is 21.3 Å². The van der Waals surface area contributed by atoms with Crippen molar-refractivity contribution in [1.82, 2.24) is 9.21 Å². The van der Waals surface area contributed by atoms with Crippen molar-refractivity contribution in [3.05, 3.63) is 54.0 Å². The number of methoxy groups -OCH3 is 1. The molecule has 3 rings (SSSR count). The molecule has 1 aromatic heterocycles. The molecule has 28 heavy (non-hydrogen) atoms. The number of ether oxygens (including phenoxy) is 1. The number of rotatable bonds is 8. The molecule has 1 saturated heterocycles. The lowest BCUT2D eigenvalue weighted by molar-refractivity contribution is 0.0680. The van der Waals surface area contributed by atoms with E-state index in [-0.39, 0.29) is 10.8 Å². The molecule has 2 aromatic rings. The average molecular weight is 407 g/mol. The quantitative estimate of drug-likeness (QED) is 0.673. The summed E-state index contributed by atoms with van der Waals surface area (Å²) in [5.74, 6) is -0.180. The predicted molar refractivity (Wildman–Crippen MR) is 104 cm³/mol. The normalized spacial score (nSPS) is 15.5. The largest absolute Gasteiger partial charge is 0.472 e. The first kappa shape index (κ1) is 20.6. The molecule has 0 atom stereocenters. The molecular formula is C20H26N2O5S. The van der Waals surface area contributed by atoms with Gasteiger partial charge in [0.1, 0.15) is 0 Å². The lowest BCUT2D eigenvalue weighted by Gasteiger charge is -2.26. The number of carbonyl (C=O) groups is 1. The number of hydrogen-bond acceptors (Lipinski definition) is 5.